The van der Waals surface area contributed by atoms with E-state index < -0.39 is 0 Å². The van der Waals surface area contributed by atoms with E-state index in [2.05, 4.69) is 9.97 Å². The number of fused-ring (bicyclic) bond motifs is 1. The lowest BCUT2D eigenvalue weighted by Crippen LogP contribution is -2.18. The monoisotopic (exact) mass is 205 g/mol. The zero-order valence-electron chi connectivity index (χ0n) is 8.36. The molecule has 1 fully saturated rings. The largest absolute Gasteiger partial charge is 0.478 e. The molecule has 2 aromatic rings. The van der Waals surface area contributed by atoms with Gasteiger partial charge < -0.3 is 14.9 Å². The van der Waals surface area contributed by atoms with Crippen LogP contribution in [0.2, 0.25) is 0 Å². The third kappa shape index (κ3) is 1.20. The third-order valence-corrected chi connectivity index (χ3v) is 2.68. The van der Waals surface area contributed by atoms with Gasteiger partial charge in [0.05, 0.1) is 12.6 Å². The fraction of sp³-hybridized carbons (Fsp3) is 0.400. The van der Waals surface area contributed by atoms with Gasteiger partial charge in [0.2, 0.25) is 11.5 Å². The summed E-state index contributed by atoms with van der Waals surface area (Å²) in [6.07, 6.45) is 3.49. The average molecular weight is 205 g/mol. The maximum absolute atomic E-state index is 6.01. The first-order chi connectivity index (χ1) is 7.23. The molecule has 2 heterocycles. The van der Waals surface area contributed by atoms with Crippen LogP contribution in [0.4, 0.5) is 0 Å². The molecular formula is C10H11N3O2. The van der Waals surface area contributed by atoms with E-state index >= 15 is 0 Å². The molecule has 5 heteroatoms. The van der Waals surface area contributed by atoms with Crippen molar-refractivity contribution in [2.75, 3.05) is 7.11 Å². The Hall–Kier alpha value is -1.62. The lowest BCUT2D eigenvalue weighted by molar-refractivity contribution is 0.386. The number of nitrogens with two attached hydrogens (primary N) is 1. The molecule has 0 saturated heterocycles. The molecule has 2 N–H and O–H groups in total. The molecule has 5 nitrogen and oxygen atoms in total. The van der Waals surface area contributed by atoms with Crippen LogP contribution >= 0.6 is 0 Å². The van der Waals surface area contributed by atoms with E-state index in [0.717, 1.165) is 18.4 Å². The number of ether oxygens (including phenoxy) is 1. The lowest BCUT2D eigenvalue weighted by atomic mass is 10.3. The number of pyridine rings is 1. The van der Waals surface area contributed by atoms with Crippen LogP contribution < -0.4 is 10.5 Å². The molecule has 3 rings (SSSR count). The van der Waals surface area contributed by atoms with Crippen LogP contribution in [-0.2, 0) is 5.54 Å². The first kappa shape index (κ1) is 8.67. The molecule has 0 aromatic carbocycles. The number of aromatic nitrogens is 2. The Morgan fingerprint density at radius 3 is 3.00 bits per heavy atom. The Balaban J connectivity index is 2.21. The molecule has 15 heavy (non-hydrogen) atoms. The van der Waals surface area contributed by atoms with Crippen molar-refractivity contribution in [3.05, 3.63) is 18.2 Å². The van der Waals surface area contributed by atoms with E-state index in [-0.39, 0.29) is 5.54 Å². The maximum atomic E-state index is 6.01. The normalized spacial score (nSPS) is 18.0. The number of rotatable bonds is 2. The van der Waals surface area contributed by atoms with Crippen molar-refractivity contribution in [2.24, 2.45) is 5.73 Å². The molecule has 1 aliphatic rings. The van der Waals surface area contributed by atoms with Gasteiger partial charge in [0, 0.05) is 6.20 Å². The molecule has 0 radical (unpaired) electrons. The first-order valence-corrected chi connectivity index (χ1v) is 4.82. The highest BCUT2D eigenvalue weighted by molar-refractivity contribution is 5.77. The summed E-state index contributed by atoms with van der Waals surface area (Å²) in [4.78, 5) is 8.39. The van der Waals surface area contributed by atoms with E-state index in [0.29, 0.717) is 17.4 Å². The van der Waals surface area contributed by atoms with Crippen molar-refractivity contribution >= 4 is 11.1 Å². The van der Waals surface area contributed by atoms with Crippen LogP contribution in [0.5, 0.6) is 5.88 Å². The van der Waals surface area contributed by atoms with Gasteiger partial charge in [-0.1, -0.05) is 0 Å². The van der Waals surface area contributed by atoms with Crippen molar-refractivity contribution in [3.63, 3.8) is 0 Å². The molecule has 0 aliphatic heterocycles. The van der Waals surface area contributed by atoms with Gasteiger partial charge in [0.1, 0.15) is 5.52 Å². The second kappa shape index (κ2) is 2.70. The second-order valence-corrected chi connectivity index (χ2v) is 3.84. The van der Waals surface area contributed by atoms with Crippen LogP contribution in [0.1, 0.15) is 18.7 Å². The summed E-state index contributed by atoms with van der Waals surface area (Å²) in [5.74, 6) is 1.04. The summed E-state index contributed by atoms with van der Waals surface area (Å²) in [6.45, 7) is 0. The minimum absolute atomic E-state index is 0.357. The van der Waals surface area contributed by atoms with Gasteiger partial charge in [-0.3, -0.25) is 0 Å². The summed E-state index contributed by atoms with van der Waals surface area (Å²) < 4.78 is 10.7. The van der Waals surface area contributed by atoms with E-state index in [1.165, 1.54) is 0 Å². The fourth-order valence-electron chi connectivity index (χ4n) is 1.54. The predicted molar refractivity (Wildman–Crippen MR) is 53.5 cm³/mol. The van der Waals surface area contributed by atoms with Crippen LogP contribution in [-0.4, -0.2) is 17.1 Å². The Labute approximate surface area is 86.3 Å². The van der Waals surface area contributed by atoms with Gasteiger partial charge in [-0.25, -0.2) is 9.97 Å². The second-order valence-electron chi connectivity index (χ2n) is 3.84. The maximum Gasteiger partial charge on any atom is 0.259 e. The summed E-state index contributed by atoms with van der Waals surface area (Å²) >= 11 is 0. The number of hydrogen-bond donors (Lipinski definition) is 1. The molecule has 0 bridgehead atoms. The molecule has 0 spiro atoms. The Morgan fingerprint density at radius 2 is 2.33 bits per heavy atom. The number of hydrogen-bond acceptors (Lipinski definition) is 5. The minimum atomic E-state index is -0.357. The molecular weight excluding hydrogens is 194 g/mol. The van der Waals surface area contributed by atoms with Crippen molar-refractivity contribution in [1.82, 2.24) is 9.97 Å². The number of oxazole rings is 1. The van der Waals surface area contributed by atoms with Gasteiger partial charge in [-0.05, 0) is 18.9 Å². The van der Waals surface area contributed by atoms with Crippen molar-refractivity contribution < 1.29 is 9.15 Å². The Morgan fingerprint density at radius 1 is 1.53 bits per heavy atom. The van der Waals surface area contributed by atoms with Gasteiger partial charge in [0.15, 0.2) is 0 Å². The highest BCUT2D eigenvalue weighted by Gasteiger charge is 2.45. The summed E-state index contributed by atoms with van der Waals surface area (Å²) in [7, 11) is 1.55. The smallest absolute Gasteiger partial charge is 0.259 e. The number of methoxy groups -OCH3 is 1. The van der Waals surface area contributed by atoms with Gasteiger partial charge in [0.25, 0.3) is 5.88 Å². The first-order valence-electron chi connectivity index (χ1n) is 4.82. The van der Waals surface area contributed by atoms with Gasteiger partial charge in [-0.2, -0.15) is 0 Å². The molecule has 1 aliphatic carbocycles. The molecule has 2 aromatic heterocycles. The van der Waals surface area contributed by atoms with E-state index in [1.54, 1.807) is 19.4 Å². The molecule has 78 valence electrons. The van der Waals surface area contributed by atoms with Crippen LogP contribution in [0.15, 0.2) is 16.7 Å². The lowest BCUT2D eigenvalue weighted by Gasteiger charge is -1.99. The zero-order valence-corrected chi connectivity index (χ0v) is 8.36. The van der Waals surface area contributed by atoms with Gasteiger partial charge >= 0.3 is 0 Å². The van der Waals surface area contributed by atoms with Crippen LogP contribution in [0, 0.1) is 0 Å². The van der Waals surface area contributed by atoms with Crippen molar-refractivity contribution in [2.45, 2.75) is 18.4 Å². The summed E-state index contributed by atoms with van der Waals surface area (Å²) in [5, 5.41) is 0. The Kier molecular flexibility index (Phi) is 1.56. The molecule has 1 saturated carbocycles. The van der Waals surface area contributed by atoms with Crippen LogP contribution in [0.3, 0.4) is 0 Å². The predicted octanol–water partition coefficient (Wildman–Crippen LogP) is 1.18. The van der Waals surface area contributed by atoms with Crippen LogP contribution in [0.25, 0.3) is 11.1 Å². The zero-order chi connectivity index (χ0) is 10.5. The average Bonchev–Trinajstić information content (AvgIpc) is 2.84. The van der Waals surface area contributed by atoms with E-state index in [1.807, 2.05) is 0 Å². The highest BCUT2D eigenvalue weighted by atomic mass is 16.5. The quantitative estimate of drug-likeness (QED) is 0.796. The standard InChI is InChI=1S/C10H11N3O2/c1-14-8-7-6(2-5-12-8)13-9(15-7)10(11)3-4-10/h2,5H,3-4,11H2,1H3. The summed E-state index contributed by atoms with van der Waals surface area (Å²) in [5.41, 5.74) is 6.97. The molecule has 0 amide bonds. The minimum Gasteiger partial charge on any atom is -0.478 e. The molecule has 0 atom stereocenters. The molecule has 0 unspecified atom stereocenters. The highest BCUT2D eigenvalue weighted by Crippen LogP contribution is 2.43. The topological polar surface area (TPSA) is 74.2 Å². The van der Waals surface area contributed by atoms with Crippen molar-refractivity contribution in [3.8, 4) is 5.88 Å². The Bertz CT molecular complexity index is 516. The van der Waals surface area contributed by atoms with Gasteiger partial charge in [-0.15, -0.1) is 0 Å². The third-order valence-electron chi connectivity index (χ3n) is 2.68. The SMILES string of the molecule is COc1nccc2nc(C3(N)CC3)oc12. The fourth-order valence-corrected chi connectivity index (χ4v) is 1.54. The summed E-state index contributed by atoms with van der Waals surface area (Å²) in [6, 6.07) is 1.79. The van der Waals surface area contributed by atoms with E-state index in [4.69, 9.17) is 14.9 Å². The van der Waals surface area contributed by atoms with E-state index in [9.17, 15) is 0 Å². The number of nitrogens with zero attached hydrogens (tertiary/aromatic N) is 2. The van der Waals surface area contributed by atoms with Crippen molar-refractivity contribution in [1.29, 1.82) is 0 Å².